The number of anilines is 2. The molecule has 0 radical (unpaired) electrons. The third-order valence-corrected chi connectivity index (χ3v) is 6.44. The number of fused-ring (bicyclic) bond motifs is 1. The fourth-order valence-corrected chi connectivity index (χ4v) is 4.76. The number of aromatic nitrogens is 2. The lowest BCUT2D eigenvalue weighted by molar-refractivity contribution is 0.188. The minimum Gasteiger partial charge on any atom is -0.381 e. The second-order valence-electron chi connectivity index (χ2n) is 6.54. The first kappa shape index (κ1) is 20.6. The van der Waals surface area contributed by atoms with Gasteiger partial charge in [-0.3, -0.25) is 5.10 Å². The molecule has 1 aliphatic rings. The zero-order valence-corrected chi connectivity index (χ0v) is 16.5. The summed E-state index contributed by atoms with van der Waals surface area (Å²) in [5.74, 6) is -1.58. The highest BCUT2D eigenvalue weighted by atomic mass is 32.2. The number of halogens is 2. The largest absolute Gasteiger partial charge is 0.381 e. The van der Waals surface area contributed by atoms with Gasteiger partial charge in [-0.15, -0.1) is 0 Å². The average Bonchev–Trinajstić information content (AvgIpc) is 3.27. The molecule has 2 N–H and O–H groups in total. The molecule has 0 aliphatic carbocycles. The zero-order chi connectivity index (χ0) is 19.0. The Morgan fingerprint density at radius 1 is 1.18 bits per heavy atom. The molecule has 4 rings (SSSR count). The first-order chi connectivity index (χ1) is 12.9. The predicted octanol–water partition coefficient (Wildman–Crippen LogP) is 3.51. The van der Waals surface area contributed by atoms with E-state index >= 15 is 0 Å². The van der Waals surface area contributed by atoms with E-state index in [0.717, 1.165) is 18.6 Å². The summed E-state index contributed by atoms with van der Waals surface area (Å²) in [6.45, 7) is 1.04. The molecule has 1 aliphatic heterocycles. The number of H-pyrrole nitrogens is 1. The number of hydrogen-bond acceptors (Lipinski definition) is 5. The fourth-order valence-electron chi connectivity index (χ4n) is 3.11. The van der Waals surface area contributed by atoms with Crippen molar-refractivity contribution < 1.29 is 21.9 Å². The highest BCUT2D eigenvalue weighted by molar-refractivity contribution is 7.91. The number of aromatic amines is 1. The topological polar surface area (TPSA) is 84.1 Å². The van der Waals surface area contributed by atoms with Crippen molar-refractivity contribution >= 4 is 45.7 Å². The van der Waals surface area contributed by atoms with Crippen LogP contribution in [0.4, 0.5) is 20.3 Å². The molecule has 1 atom stereocenters. The summed E-state index contributed by atoms with van der Waals surface area (Å²) in [5.41, 5.74) is 0.932. The van der Waals surface area contributed by atoms with E-state index in [4.69, 9.17) is 4.74 Å². The second-order valence-corrected chi connectivity index (χ2v) is 8.58. The van der Waals surface area contributed by atoms with Crippen LogP contribution in [0.2, 0.25) is 0 Å². The highest BCUT2D eigenvalue weighted by Gasteiger charge is 2.25. The van der Waals surface area contributed by atoms with Gasteiger partial charge in [0.1, 0.15) is 0 Å². The maximum absolute atomic E-state index is 13.4. The molecule has 1 saturated heterocycles. The molecular weight excluding hydrogens is 408 g/mol. The summed E-state index contributed by atoms with van der Waals surface area (Å²) < 4.78 is 57.2. The standard InChI is InChI=1S/C18H17F2N3O3S.H2S/c19-15-3-1-12(7-16(15)20)21-18-14-8-13(2-4-17(14)22-23-18)27(24,25)10-11-5-6-26-9-11;/h1-4,7-8,11H,5-6,9-10H2,(H2,21,22,23);1H2/t11-;/m0./s1. The second kappa shape index (κ2) is 8.06. The van der Waals surface area contributed by atoms with Crippen LogP contribution >= 0.6 is 13.5 Å². The third-order valence-electron chi connectivity index (χ3n) is 4.55. The molecule has 2 heterocycles. The van der Waals surface area contributed by atoms with E-state index in [1.807, 2.05) is 0 Å². The molecule has 0 bridgehead atoms. The zero-order valence-electron chi connectivity index (χ0n) is 14.7. The van der Waals surface area contributed by atoms with Crippen molar-refractivity contribution in [3.8, 4) is 0 Å². The van der Waals surface area contributed by atoms with Gasteiger partial charge in [0.05, 0.1) is 22.8 Å². The minimum absolute atomic E-state index is 0. The monoisotopic (exact) mass is 427 g/mol. The number of sulfone groups is 1. The number of nitrogens with one attached hydrogen (secondary N) is 2. The Kier molecular flexibility index (Phi) is 5.92. The molecule has 10 heteroatoms. The van der Waals surface area contributed by atoms with Gasteiger partial charge in [-0.2, -0.15) is 18.6 Å². The summed E-state index contributed by atoms with van der Waals surface area (Å²) >= 11 is 0. The quantitative estimate of drug-likeness (QED) is 0.651. The SMILES string of the molecule is O=S(=O)(C[C@H]1CCOC1)c1ccc2[nH]nc(Nc3ccc(F)c(F)c3)c2c1.S. The van der Waals surface area contributed by atoms with Crippen LogP contribution in [0, 0.1) is 17.6 Å². The van der Waals surface area contributed by atoms with Crippen molar-refractivity contribution in [1.82, 2.24) is 10.2 Å². The van der Waals surface area contributed by atoms with Crippen molar-refractivity contribution in [2.24, 2.45) is 5.92 Å². The summed E-state index contributed by atoms with van der Waals surface area (Å²) in [7, 11) is -3.47. The molecule has 150 valence electrons. The molecule has 6 nitrogen and oxygen atoms in total. The van der Waals surface area contributed by atoms with Crippen molar-refractivity contribution in [2.45, 2.75) is 11.3 Å². The summed E-state index contributed by atoms with van der Waals surface area (Å²) in [6, 6.07) is 8.10. The number of nitrogens with zero attached hydrogens (tertiary/aromatic N) is 1. The van der Waals surface area contributed by atoms with E-state index in [1.165, 1.54) is 18.2 Å². The average molecular weight is 427 g/mol. The smallest absolute Gasteiger partial charge is 0.178 e. The van der Waals surface area contributed by atoms with Crippen LogP contribution in [-0.4, -0.2) is 37.6 Å². The van der Waals surface area contributed by atoms with Gasteiger partial charge in [-0.25, -0.2) is 17.2 Å². The Balaban J connectivity index is 0.00000225. The summed E-state index contributed by atoms with van der Waals surface area (Å²) in [5, 5.41) is 10.3. The van der Waals surface area contributed by atoms with Crippen LogP contribution in [0.5, 0.6) is 0 Å². The number of ether oxygens (including phenoxy) is 1. The fraction of sp³-hybridized carbons (Fsp3) is 0.278. The van der Waals surface area contributed by atoms with Crippen LogP contribution in [0.1, 0.15) is 6.42 Å². The Morgan fingerprint density at radius 3 is 2.71 bits per heavy atom. The van der Waals surface area contributed by atoms with Crippen molar-refractivity contribution in [3.63, 3.8) is 0 Å². The van der Waals surface area contributed by atoms with Gasteiger partial charge in [0.15, 0.2) is 27.3 Å². The first-order valence-electron chi connectivity index (χ1n) is 8.43. The Bertz CT molecular complexity index is 1100. The lowest BCUT2D eigenvalue weighted by atomic mass is 10.2. The van der Waals surface area contributed by atoms with Crippen molar-refractivity contribution in [2.75, 3.05) is 24.3 Å². The maximum Gasteiger partial charge on any atom is 0.178 e. The maximum atomic E-state index is 13.4. The Morgan fingerprint density at radius 2 is 2.00 bits per heavy atom. The van der Waals surface area contributed by atoms with Gasteiger partial charge < -0.3 is 10.1 Å². The van der Waals surface area contributed by atoms with Gasteiger partial charge in [0, 0.05) is 23.7 Å². The molecule has 2 aromatic carbocycles. The van der Waals surface area contributed by atoms with Gasteiger partial charge in [-0.05, 0) is 42.7 Å². The van der Waals surface area contributed by atoms with E-state index in [2.05, 4.69) is 15.5 Å². The third kappa shape index (κ3) is 4.13. The van der Waals surface area contributed by atoms with E-state index in [-0.39, 0.29) is 30.1 Å². The number of rotatable bonds is 5. The molecule has 1 aromatic heterocycles. The van der Waals surface area contributed by atoms with E-state index < -0.39 is 21.5 Å². The van der Waals surface area contributed by atoms with Crippen LogP contribution in [0.15, 0.2) is 41.3 Å². The van der Waals surface area contributed by atoms with Gasteiger partial charge in [0.25, 0.3) is 0 Å². The minimum atomic E-state index is -3.47. The summed E-state index contributed by atoms with van der Waals surface area (Å²) in [6.07, 6.45) is 0.732. The van der Waals surface area contributed by atoms with Crippen molar-refractivity contribution in [3.05, 3.63) is 48.0 Å². The van der Waals surface area contributed by atoms with Crippen molar-refractivity contribution in [1.29, 1.82) is 0 Å². The molecule has 0 unspecified atom stereocenters. The van der Waals surface area contributed by atoms with E-state index in [1.54, 1.807) is 6.07 Å². The highest BCUT2D eigenvalue weighted by Crippen LogP contribution is 2.28. The van der Waals surface area contributed by atoms with Gasteiger partial charge >= 0.3 is 0 Å². The molecule has 1 fully saturated rings. The van der Waals surface area contributed by atoms with Gasteiger partial charge in [-0.1, -0.05) is 0 Å². The molecule has 3 aromatic rings. The summed E-state index contributed by atoms with van der Waals surface area (Å²) in [4.78, 5) is 0.191. The molecule has 0 amide bonds. The Hall–Kier alpha value is -2.17. The lowest BCUT2D eigenvalue weighted by Gasteiger charge is -2.09. The van der Waals surface area contributed by atoms with Gasteiger partial charge in [0.2, 0.25) is 0 Å². The van der Waals surface area contributed by atoms with Crippen LogP contribution in [0.25, 0.3) is 10.9 Å². The molecular formula is C18H19F2N3O3S2. The van der Waals surface area contributed by atoms with Crippen LogP contribution in [0.3, 0.4) is 0 Å². The Labute approximate surface area is 167 Å². The molecule has 0 saturated carbocycles. The van der Waals surface area contributed by atoms with E-state index in [9.17, 15) is 17.2 Å². The van der Waals surface area contributed by atoms with Crippen LogP contribution in [-0.2, 0) is 14.6 Å². The normalized spacial score (nSPS) is 16.9. The molecule has 28 heavy (non-hydrogen) atoms. The first-order valence-corrected chi connectivity index (χ1v) is 10.1. The molecule has 0 spiro atoms. The van der Waals surface area contributed by atoms with Crippen LogP contribution < -0.4 is 5.32 Å². The number of benzene rings is 2. The number of hydrogen-bond donors (Lipinski definition) is 2. The lowest BCUT2D eigenvalue weighted by Crippen LogP contribution is -2.16. The predicted molar refractivity (Wildman–Crippen MR) is 107 cm³/mol. The van der Waals surface area contributed by atoms with E-state index in [0.29, 0.717) is 35.6 Å².